The van der Waals surface area contributed by atoms with Gasteiger partial charge in [0.05, 0.1) is 11.8 Å². The van der Waals surface area contributed by atoms with Gasteiger partial charge in [0.25, 0.3) is 0 Å². The standard InChI is InChI=1S/C19H19Cl2N5OS/c1-11-3-5-13(6-4-11)18-24-25-19(26(18)22)28-10-17(27)23-12(2)15-8-7-14(20)9-16(15)21/h3-9,12H,10,22H2,1-2H3,(H,23,27)/t12-/m0/s1. The summed E-state index contributed by atoms with van der Waals surface area (Å²) < 4.78 is 1.39. The number of thioether (sulfide) groups is 1. The van der Waals surface area contributed by atoms with E-state index in [4.69, 9.17) is 29.0 Å². The molecule has 0 saturated carbocycles. The number of amides is 1. The predicted octanol–water partition coefficient (Wildman–Crippen LogP) is 4.24. The predicted molar refractivity (Wildman–Crippen MR) is 114 cm³/mol. The van der Waals surface area contributed by atoms with Crippen molar-refractivity contribution in [2.75, 3.05) is 11.6 Å². The first-order valence-electron chi connectivity index (χ1n) is 8.50. The van der Waals surface area contributed by atoms with E-state index in [0.29, 0.717) is 21.0 Å². The molecule has 3 N–H and O–H groups in total. The molecule has 1 amide bonds. The van der Waals surface area contributed by atoms with Crippen LogP contribution in [0.15, 0.2) is 47.6 Å². The van der Waals surface area contributed by atoms with Crippen LogP contribution in [0.25, 0.3) is 11.4 Å². The Bertz CT molecular complexity index is 990. The highest BCUT2D eigenvalue weighted by atomic mass is 35.5. The fraction of sp³-hybridized carbons (Fsp3) is 0.211. The summed E-state index contributed by atoms with van der Waals surface area (Å²) in [5.74, 6) is 6.63. The number of rotatable bonds is 6. The summed E-state index contributed by atoms with van der Waals surface area (Å²) in [4.78, 5) is 12.3. The molecule has 9 heteroatoms. The van der Waals surface area contributed by atoms with Crippen LogP contribution < -0.4 is 11.2 Å². The number of nitrogens with zero attached hydrogens (tertiary/aromatic N) is 3. The molecule has 0 radical (unpaired) electrons. The third-order valence-corrected chi connectivity index (χ3v) is 5.62. The van der Waals surface area contributed by atoms with E-state index in [-0.39, 0.29) is 17.7 Å². The maximum absolute atomic E-state index is 12.3. The zero-order valence-electron chi connectivity index (χ0n) is 15.3. The molecule has 3 aromatic rings. The monoisotopic (exact) mass is 435 g/mol. The van der Waals surface area contributed by atoms with Crippen molar-refractivity contribution in [3.8, 4) is 11.4 Å². The minimum Gasteiger partial charge on any atom is -0.349 e. The summed E-state index contributed by atoms with van der Waals surface area (Å²) in [5.41, 5.74) is 2.81. The second-order valence-corrected chi connectivity index (χ2v) is 8.07. The second-order valence-electron chi connectivity index (χ2n) is 6.29. The summed E-state index contributed by atoms with van der Waals surface area (Å²) in [6.07, 6.45) is 0. The number of nitrogen functional groups attached to an aromatic ring is 1. The third-order valence-electron chi connectivity index (χ3n) is 4.11. The van der Waals surface area contributed by atoms with Crippen molar-refractivity contribution in [3.63, 3.8) is 0 Å². The lowest BCUT2D eigenvalue weighted by Crippen LogP contribution is -2.28. The SMILES string of the molecule is Cc1ccc(-c2nnc(SCC(=O)N[C@@H](C)c3ccc(Cl)cc3Cl)n2N)cc1. The molecular formula is C19H19Cl2N5OS. The molecule has 0 aliphatic rings. The zero-order chi connectivity index (χ0) is 20.3. The van der Waals surface area contributed by atoms with E-state index >= 15 is 0 Å². The largest absolute Gasteiger partial charge is 0.349 e. The maximum atomic E-state index is 12.3. The van der Waals surface area contributed by atoms with E-state index in [1.54, 1.807) is 18.2 Å². The summed E-state index contributed by atoms with van der Waals surface area (Å²) in [6, 6.07) is 12.8. The van der Waals surface area contributed by atoms with Crippen molar-refractivity contribution in [1.29, 1.82) is 0 Å². The number of aryl methyl sites for hydroxylation is 1. The molecule has 0 saturated heterocycles. The van der Waals surface area contributed by atoms with E-state index in [9.17, 15) is 4.79 Å². The van der Waals surface area contributed by atoms with Crippen LogP contribution in [-0.4, -0.2) is 26.5 Å². The molecule has 28 heavy (non-hydrogen) atoms. The highest BCUT2D eigenvalue weighted by molar-refractivity contribution is 7.99. The molecule has 0 aliphatic heterocycles. The summed E-state index contributed by atoms with van der Waals surface area (Å²) in [7, 11) is 0. The summed E-state index contributed by atoms with van der Waals surface area (Å²) >= 11 is 13.3. The van der Waals surface area contributed by atoms with E-state index in [0.717, 1.165) is 16.7 Å². The molecule has 146 valence electrons. The Hall–Kier alpha value is -2.22. The van der Waals surface area contributed by atoms with Crippen LogP contribution in [0.3, 0.4) is 0 Å². The van der Waals surface area contributed by atoms with Gasteiger partial charge in [-0.3, -0.25) is 4.79 Å². The Labute approximate surface area is 177 Å². The smallest absolute Gasteiger partial charge is 0.230 e. The fourth-order valence-electron chi connectivity index (χ4n) is 2.62. The normalized spacial score (nSPS) is 12.0. The van der Waals surface area contributed by atoms with Crippen molar-refractivity contribution in [2.24, 2.45) is 0 Å². The minimum atomic E-state index is -0.253. The van der Waals surface area contributed by atoms with Crippen molar-refractivity contribution >= 4 is 40.9 Å². The van der Waals surface area contributed by atoms with Gasteiger partial charge in [0.1, 0.15) is 0 Å². The van der Waals surface area contributed by atoms with Gasteiger partial charge in [0.2, 0.25) is 11.1 Å². The quantitative estimate of drug-likeness (QED) is 0.446. The van der Waals surface area contributed by atoms with E-state index in [1.165, 1.54) is 16.4 Å². The second kappa shape index (κ2) is 8.86. The van der Waals surface area contributed by atoms with Crippen LogP contribution in [0.4, 0.5) is 0 Å². The lowest BCUT2D eigenvalue weighted by molar-refractivity contribution is -0.119. The molecule has 2 aromatic carbocycles. The first-order chi connectivity index (χ1) is 13.3. The molecule has 0 unspecified atom stereocenters. The Morgan fingerprint density at radius 2 is 1.93 bits per heavy atom. The molecule has 0 fully saturated rings. The van der Waals surface area contributed by atoms with Crippen LogP contribution in [0.2, 0.25) is 10.0 Å². The molecule has 3 rings (SSSR count). The van der Waals surface area contributed by atoms with Crippen LogP contribution in [-0.2, 0) is 4.79 Å². The molecule has 6 nitrogen and oxygen atoms in total. The van der Waals surface area contributed by atoms with Gasteiger partial charge in [-0.15, -0.1) is 10.2 Å². The first-order valence-corrected chi connectivity index (χ1v) is 10.2. The molecule has 1 heterocycles. The molecule has 0 bridgehead atoms. The average molecular weight is 436 g/mol. The van der Waals surface area contributed by atoms with Crippen molar-refractivity contribution < 1.29 is 4.79 Å². The number of halogens is 2. The third kappa shape index (κ3) is 4.79. The van der Waals surface area contributed by atoms with E-state index in [2.05, 4.69) is 15.5 Å². The first kappa shape index (κ1) is 20.5. The number of aromatic nitrogens is 3. The van der Waals surface area contributed by atoms with Gasteiger partial charge < -0.3 is 11.2 Å². The van der Waals surface area contributed by atoms with Gasteiger partial charge in [0, 0.05) is 15.6 Å². The average Bonchev–Trinajstić information content (AvgIpc) is 3.01. The Balaban J connectivity index is 1.61. The fourth-order valence-corrected chi connectivity index (χ4v) is 3.86. The lowest BCUT2D eigenvalue weighted by atomic mass is 10.1. The molecule has 1 atom stereocenters. The molecular weight excluding hydrogens is 417 g/mol. The van der Waals surface area contributed by atoms with Crippen LogP contribution >= 0.6 is 35.0 Å². The molecule has 0 spiro atoms. The minimum absolute atomic E-state index is 0.152. The number of hydrogen-bond acceptors (Lipinski definition) is 5. The molecule has 0 aliphatic carbocycles. The van der Waals surface area contributed by atoms with Gasteiger partial charge in [-0.05, 0) is 31.5 Å². The lowest BCUT2D eigenvalue weighted by Gasteiger charge is -2.15. The van der Waals surface area contributed by atoms with Crippen molar-refractivity contribution in [2.45, 2.75) is 25.0 Å². The Morgan fingerprint density at radius 1 is 1.21 bits per heavy atom. The van der Waals surface area contributed by atoms with Crippen LogP contribution in [0.5, 0.6) is 0 Å². The van der Waals surface area contributed by atoms with Gasteiger partial charge in [-0.25, -0.2) is 4.68 Å². The Morgan fingerprint density at radius 3 is 2.61 bits per heavy atom. The van der Waals surface area contributed by atoms with E-state index in [1.807, 2.05) is 38.1 Å². The van der Waals surface area contributed by atoms with Gasteiger partial charge in [-0.2, -0.15) is 0 Å². The van der Waals surface area contributed by atoms with Crippen LogP contribution in [0.1, 0.15) is 24.1 Å². The van der Waals surface area contributed by atoms with E-state index < -0.39 is 0 Å². The highest BCUT2D eigenvalue weighted by Gasteiger charge is 2.16. The molecule has 1 aromatic heterocycles. The summed E-state index contributed by atoms with van der Waals surface area (Å²) in [5, 5.41) is 12.6. The van der Waals surface area contributed by atoms with Crippen LogP contribution in [0, 0.1) is 6.92 Å². The zero-order valence-corrected chi connectivity index (χ0v) is 17.6. The van der Waals surface area contributed by atoms with Gasteiger partial charge >= 0.3 is 0 Å². The Kier molecular flexibility index (Phi) is 6.49. The maximum Gasteiger partial charge on any atom is 0.230 e. The highest BCUT2D eigenvalue weighted by Crippen LogP contribution is 2.26. The van der Waals surface area contributed by atoms with Gasteiger partial charge in [0.15, 0.2) is 5.82 Å². The number of nitrogens with one attached hydrogen (secondary N) is 1. The number of nitrogens with two attached hydrogens (primary N) is 1. The topological polar surface area (TPSA) is 85.8 Å². The van der Waals surface area contributed by atoms with Gasteiger partial charge in [-0.1, -0.05) is 70.9 Å². The number of hydrogen-bond donors (Lipinski definition) is 2. The number of benzene rings is 2. The van der Waals surface area contributed by atoms with Crippen molar-refractivity contribution in [1.82, 2.24) is 20.2 Å². The summed E-state index contributed by atoms with van der Waals surface area (Å²) in [6.45, 7) is 3.87. The number of carbonyl (C=O) groups excluding carboxylic acids is 1. The van der Waals surface area contributed by atoms with Crippen molar-refractivity contribution in [3.05, 3.63) is 63.6 Å². The number of carbonyl (C=O) groups is 1.